The van der Waals surface area contributed by atoms with Gasteiger partial charge >= 0.3 is 5.97 Å². The number of amides is 1. The van der Waals surface area contributed by atoms with Crippen molar-refractivity contribution < 1.29 is 14.7 Å². The number of hydrogen-bond acceptors (Lipinski definition) is 4. The van der Waals surface area contributed by atoms with E-state index in [2.05, 4.69) is 4.98 Å². The number of thioether (sulfide) groups is 1. The molecule has 0 aliphatic heterocycles. The summed E-state index contributed by atoms with van der Waals surface area (Å²) in [5.74, 6) is -1.03. The van der Waals surface area contributed by atoms with Crippen LogP contribution < -0.4 is 0 Å². The van der Waals surface area contributed by atoms with E-state index in [9.17, 15) is 9.59 Å². The van der Waals surface area contributed by atoms with Gasteiger partial charge in [0, 0.05) is 20.3 Å². The minimum atomic E-state index is -0.999. The zero-order chi connectivity index (χ0) is 13.0. The lowest BCUT2D eigenvalue weighted by molar-refractivity contribution is -0.127. The van der Waals surface area contributed by atoms with Gasteiger partial charge in [0.25, 0.3) is 0 Å². The Labute approximate surface area is 104 Å². The monoisotopic (exact) mass is 254 g/mol. The molecule has 0 spiro atoms. The third-order valence-corrected chi connectivity index (χ3v) is 3.09. The molecule has 1 atom stereocenters. The van der Waals surface area contributed by atoms with E-state index in [0.29, 0.717) is 5.03 Å². The number of pyridine rings is 1. The normalized spacial score (nSPS) is 11.9. The van der Waals surface area contributed by atoms with Crippen molar-refractivity contribution >= 4 is 23.6 Å². The van der Waals surface area contributed by atoms with Gasteiger partial charge in [-0.2, -0.15) is 0 Å². The van der Waals surface area contributed by atoms with Crippen LogP contribution in [0.3, 0.4) is 0 Å². The number of rotatable bonds is 4. The smallest absolute Gasteiger partial charge is 0.335 e. The first-order valence-corrected chi connectivity index (χ1v) is 5.87. The first-order valence-electron chi connectivity index (χ1n) is 4.99. The molecule has 1 unspecified atom stereocenters. The average Bonchev–Trinajstić information content (AvgIpc) is 2.28. The first kappa shape index (κ1) is 13.5. The number of carbonyl (C=O) groups is 2. The highest BCUT2D eigenvalue weighted by Gasteiger charge is 2.17. The summed E-state index contributed by atoms with van der Waals surface area (Å²) in [7, 11) is 3.36. The zero-order valence-corrected chi connectivity index (χ0v) is 10.7. The Morgan fingerprint density at radius 3 is 2.65 bits per heavy atom. The zero-order valence-electron chi connectivity index (χ0n) is 9.88. The minimum Gasteiger partial charge on any atom is -0.478 e. The molecule has 6 heteroatoms. The van der Waals surface area contributed by atoms with E-state index in [-0.39, 0.29) is 16.7 Å². The molecule has 1 N–H and O–H groups in total. The Morgan fingerprint density at radius 2 is 2.12 bits per heavy atom. The lowest BCUT2D eigenvalue weighted by Crippen LogP contribution is -2.29. The topological polar surface area (TPSA) is 70.5 Å². The Kier molecular flexibility index (Phi) is 4.51. The van der Waals surface area contributed by atoms with Crippen molar-refractivity contribution in [3.8, 4) is 0 Å². The van der Waals surface area contributed by atoms with Crippen LogP contribution >= 0.6 is 11.8 Å². The second-order valence-electron chi connectivity index (χ2n) is 3.68. The van der Waals surface area contributed by atoms with Crippen LogP contribution in [0.25, 0.3) is 0 Å². The molecule has 0 fully saturated rings. The lowest BCUT2D eigenvalue weighted by Gasteiger charge is -2.15. The van der Waals surface area contributed by atoms with Gasteiger partial charge in [0.05, 0.1) is 15.8 Å². The van der Waals surface area contributed by atoms with E-state index in [1.165, 1.54) is 35.0 Å². The fourth-order valence-electron chi connectivity index (χ4n) is 1.20. The summed E-state index contributed by atoms with van der Waals surface area (Å²) in [4.78, 5) is 27.9. The predicted molar refractivity (Wildman–Crippen MR) is 65.2 cm³/mol. The van der Waals surface area contributed by atoms with Gasteiger partial charge in [0.2, 0.25) is 5.91 Å². The van der Waals surface area contributed by atoms with Gasteiger partial charge in [-0.05, 0) is 19.1 Å². The molecule has 0 saturated carbocycles. The van der Waals surface area contributed by atoms with Crippen LogP contribution in [0.4, 0.5) is 0 Å². The highest BCUT2D eigenvalue weighted by Crippen LogP contribution is 2.22. The summed E-state index contributed by atoms with van der Waals surface area (Å²) < 4.78 is 0. The molecule has 17 heavy (non-hydrogen) atoms. The third-order valence-electron chi connectivity index (χ3n) is 2.07. The maximum Gasteiger partial charge on any atom is 0.335 e. The number of carboxylic acid groups (broad SMARTS) is 1. The van der Waals surface area contributed by atoms with E-state index >= 15 is 0 Å². The van der Waals surface area contributed by atoms with Crippen LogP contribution in [-0.2, 0) is 4.79 Å². The van der Waals surface area contributed by atoms with Crippen LogP contribution in [0.15, 0.2) is 23.4 Å². The minimum absolute atomic E-state index is 0.0301. The number of nitrogens with zero attached hydrogens (tertiary/aromatic N) is 2. The van der Waals surface area contributed by atoms with E-state index < -0.39 is 5.97 Å². The average molecular weight is 254 g/mol. The lowest BCUT2D eigenvalue weighted by atomic mass is 10.3. The van der Waals surface area contributed by atoms with Crippen LogP contribution in [0.1, 0.15) is 17.3 Å². The molecule has 1 rings (SSSR count). The predicted octanol–water partition coefficient (Wildman–Crippen LogP) is 1.35. The van der Waals surface area contributed by atoms with Crippen molar-refractivity contribution in [2.45, 2.75) is 17.2 Å². The highest BCUT2D eigenvalue weighted by atomic mass is 32.2. The van der Waals surface area contributed by atoms with Crippen molar-refractivity contribution in [1.82, 2.24) is 9.88 Å². The van der Waals surface area contributed by atoms with Gasteiger partial charge in [0.1, 0.15) is 0 Å². The van der Waals surface area contributed by atoms with E-state index in [4.69, 9.17) is 5.11 Å². The van der Waals surface area contributed by atoms with Crippen molar-refractivity contribution in [3.63, 3.8) is 0 Å². The quantitative estimate of drug-likeness (QED) is 0.821. The molecule has 92 valence electrons. The first-order chi connectivity index (χ1) is 7.91. The Morgan fingerprint density at radius 1 is 1.47 bits per heavy atom. The van der Waals surface area contributed by atoms with Gasteiger partial charge in [-0.1, -0.05) is 11.8 Å². The van der Waals surface area contributed by atoms with Crippen LogP contribution in [0.5, 0.6) is 0 Å². The molecule has 0 aromatic carbocycles. The van der Waals surface area contributed by atoms with Crippen LogP contribution in [0.2, 0.25) is 0 Å². The Hall–Kier alpha value is -1.56. The Bertz CT molecular complexity index is 434. The molecule has 1 aromatic heterocycles. The number of hydrogen-bond donors (Lipinski definition) is 1. The van der Waals surface area contributed by atoms with Gasteiger partial charge in [0.15, 0.2) is 0 Å². The van der Waals surface area contributed by atoms with E-state index in [1.807, 2.05) is 0 Å². The summed E-state index contributed by atoms with van der Waals surface area (Å²) in [6.45, 7) is 1.77. The maximum absolute atomic E-state index is 11.6. The van der Waals surface area contributed by atoms with Crippen LogP contribution in [-0.4, -0.2) is 46.2 Å². The summed E-state index contributed by atoms with van der Waals surface area (Å²) >= 11 is 1.25. The molecule has 0 radical (unpaired) electrons. The number of aromatic nitrogens is 1. The maximum atomic E-state index is 11.6. The molecule has 1 heterocycles. The largest absolute Gasteiger partial charge is 0.478 e. The molecule has 1 aromatic rings. The summed E-state index contributed by atoms with van der Waals surface area (Å²) in [5.41, 5.74) is 0.173. The number of carbonyl (C=O) groups excluding carboxylic acids is 1. The Balaban J connectivity index is 2.78. The van der Waals surface area contributed by atoms with E-state index in [1.54, 1.807) is 21.0 Å². The number of carboxylic acids is 1. The van der Waals surface area contributed by atoms with Crippen LogP contribution in [0, 0.1) is 0 Å². The summed E-state index contributed by atoms with van der Waals surface area (Å²) in [5, 5.41) is 9.07. The standard InChI is InChI=1S/C11H14N2O3S/c1-7(10(14)13(2)3)17-9-6-8(11(15)16)4-5-12-9/h4-7H,1-3H3,(H,15,16). The third kappa shape index (κ3) is 3.74. The van der Waals surface area contributed by atoms with Crippen molar-refractivity contribution in [2.24, 2.45) is 0 Å². The van der Waals surface area contributed by atoms with Crippen molar-refractivity contribution in [2.75, 3.05) is 14.1 Å². The second kappa shape index (κ2) is 5.67. The molecular weight excluding hydrogens is 240 g/mol. The van der Waals surface area contributed by atoms with Gasteiger partial charge in [-0.15, -0.1) is 0 Å². The fraction of sp³-hybridized carbons (Fsp3) is 0.364. The van der Waals surface area contributed by atoms with E-state index in [0.717, 1.165) is 0 Å². The van der Waals surface area contributed by atoms with Crippen molar-refractivity contribution in [1.29, 1.82) is 0 Å². The summed E-state index contributed by atoms with van der Waals surface area (Å²) in [6, 6.07) is 2.89. The summed E-state index contributed by atoms with van der Waals surface area (Å²) in [6.07, 6.45) is 1.43. The molecule has 0 aliphatic carbocycles. The molecule has 1 amide bonds. The van der Waals surface area contributed by atoms with Gasteiger partial charge in [-0.25, -0.2) is 9.78 Å². The van der Waals surface area contributed by atoms with Gasteiger partial charge < -0.3 is 10.0 Å². The SMILES string of the molecule is CC(Sc1cc(C(=O)O)ccn1)C(=O)N(C)C. The molecule has 0 saturated heterocycles. The highest BCUT2D eigenvalue weighted by molar-refractivity contribution is 8.00. The van der Waals surface area contributed by atoms with Crippen molar-refractivity contribution in [3.05, 3.63) is 23.9 Å². The molecule has 5 nitrogen and oxygen atoms in total. The number of aromatic carboxylic acids is 1. The molecule has 0 bridgehead atoms. The van der Waals surface area contributed by atoms with Gasteiger partial charge in [-0.3, -0.25) is 4.79 Å². The molecule has 0 aliphatic rings. The molecular formula is C11H14N2O3S. The fourth-order valence-corrected chi connectivity index (χ4v) is 2.19. The second-order valence-corrected chi connectivity index (χ2v) is 5.04.